The largest absolute Gasteiger partial charge is 0.382 e. The second-order valence-electron chi connectivity index (χ2n) is 4.09. The van der Waals surface area contributed by atoms with Crippen molar-refractivity contribution < 1.29 is 4.74 Å². The summed E-state index contributed by atoms with van der Waals surface area (Å²) in [6, 6.07) is 6.48. The fraction of sp³-hybridized carbons (Fsp3) is 0.571. The third-order valence-electron chi connectivity index (χ3n) is 2.88. The van der Waals surface area contributed by atoms with Crippen molar-refractivity contribution in [2.45, 2.75) is 33.7 Å². The second kappa shape index (κ2) is 7.42. The van der Waals surface area contributed by atoms with E-state index in [1.54, 1.807) is 0 Å². The van der Waals surface area contributed by atoms with E-state index in [1.807, 2.05) is 6.92 Å². The van der Waals surface area contributed by atoms with Crippen molar-refractivity contribution in [3.05, 3.63) is 34.9 Å². The van der Waals surface area contributed by atoms with E-state index >= 15 is 0 Å². The van der Waals surface area contributed by atoms with Crippen molar-refractivity contribution in [1.29, 1.82) is 0 Å². The Labute approximate surface area is 99.0 Å². The van der Waals surface area contributed by atoms with Crippen molar-refractivity contribution in [3.8, 4) is 0 Å². The van der Waals surface area contributed by atoms with Gasteiger partial charge >= 0.3 is 0 Å². The SMILES string of the molecule is CCOCCCNCc1cccc(C)c1C. The van der Waals surface area contributed by atoms with Crippen molar-refractivity contribution in [2.24, 2.45) is 0 Å². The predicted octanol–water partition coefficient (Wildman–Crippen LogP) is 2.82. The molecule has 0 atom stereocenters. The highest BCUT2D eigenvalue weighted by Gasteiger charge is 1.99. The number of benzene rings is 1. The molecule has 0 radical (unpaired) electrons. The zero-order valence-corrected chi connectivity index (χ0v) is 10.7. The Kier molecular flexibility index (Phi) is 6.12. The molecule has 0 aromatic heterocycles. The van der Waals surface area contributed by atoms with Crippen LogP contribution in [0, 0.1) is 13.8 Å². The van der Waals surface area contributed by atoms with Crippen LogP contribution in [0.2, 0.25) is 0 Å². The van der Waals surface area contributed by atoms with E-state index < -0.39 is 0 Å². The highest BCUT2D eigenvalue weighted by molar-refractivity contribution is 5.32. The van der Waals surface area contributed by atoms with E-state index in [9.17, 15) is 0 Å². The summed E-state index contributed by atoms with van der Waals surface area (Å²) in [7, 11) is 0. The summed E-state index contributed by atoms with van der Waals surface area (Å²) in [5.41, 5.74) is 4.17. The number of nitrogens with one attached hydrogen (secondary N) is 1. The third-order valence-corrected chi connectivity index (χ3v) is 2.88. The molecule has 2 heteroatoms. The minimum Gasteiger partial charge on any atom is -0.382 e. The molecular weight excluding hydrogens is 198 g/mol. The van der Waals surface area contributed by atoms with Gasteiger partial charge in [0.1, 0.15) is 0 Å². The van der Waals surface area contributed by atoms with E-state index in [2.05, 4.69) is 37.4 Å². The molecule has 0 spiro atoms. The lowest BCUT2D eigenvalue weighted by Gasteiger charge is -2.09. The molecule has 90 valence electrons. The Morgan fingerprint density at radius 1 is 1.25 bits per heavy atom. The molecule has 1 rings (SSSR count). The molecule has 0 bridgehead atoms. The molecule has 0 aliphatic carbocycles. The van der Waals surface area contributed by atoms with Gasteiger partial charge in [-0.2, -0.15) is 0 Å². The summed E-state index contributed by atoms with van der Waals surface area (Å²) < 4.78 is 5.29. The van der Waals surface area contributed by atoms with Crippen LogP contribution in [-0.2, 0) is 11.3 Å². The van der Waals surface area contributed by atoms with Crippen LogP contribution in [0.4, 0.5) is 0 Å². The monoisotopic (exact) mass is 221 g/mol. The normalized spacial score (nSPS) is 10.7. The van der Waals surface area contributed by atoms with Gasteiger partial charge in [0, 0.05) is 19.8 Å². The standard InChI is InChI=1S/C14H23NO/c1-4-16-10-6-9-15-11-14-8-5-7-12(2)13(14)3/h5,7-8,15H,4,6,9-11H2,1-3H3. The fourth-order valence-electron chi connectivity index (χ4n) is 1.67. The lowest BCUT2D eigenvalue weighted by Crippen LogP contribution is -2.17. The topological polar surface area (TPSA) is 21.3 Å². The van der Waals surface area contributed by atoms with E-state index in [-0.39, 0.29) is 0 Å². The Morgan fingerprint density at radius 2 is 2.06 bits per heavy atom. The van der Waals surface area contributed by atoms with Crippen LogP contribution < -0.4 is 5.32 Å². The molecule has 0 aliphatic heterocycles. The quantitative estimate of drug-likeness (QED) is 0.715. The van der Waals surface area contributed by atoms with Crippen LogP contribution in [0.1, 0.15) is 30.0 Å². The first-order valence-corrected chi connectivity index (χ1v) is 6.09. The average molecular weight is 221 g/mol. The summed E-state index contributed by atoms with van der Waals surface area (Å²) in [6.07, 6.45) is 1.08. The van der Waals surface area contributed by atoms with Gasteiger partial charge in [-0.3, -0.25) is 0 Å². The molecule has 16 heavy (non-hydrogen) atoms. The van der Waals surface area contributed by atoms with Crippen LogP contribution in [-0.4, -0.2) is 19.8 Å². The van der Waals surface area contributed by atoms with Gasteiger partial charge in [0.15, 0.2) is 0 Å². The van der Waals surface area contributed by atoms with Crippen molar-refractivity contribution in [1.82, 2.24) is 5.32 Å². The van der Waals surface area contributed by atoms with Crippen LogP contribution in [0.3, 0.4) is 0 Å². The smallest absolute Gasteiger partial charge is 0.0477 e. The van der Waals surface area contributed by atoms with E-state index in [0.29, 0.717) is 0 Å². The lowest BCUT2D eigenvalue weighted by atomic mass is 10.0. The van der Waals surface area contributed by atoms with Gasteiger partial charge in [-0.1, -0.05) is 18.2 Å². The first kappa shape index (κ1) is 13.2. The molecule has 1 aromatic rings. The van der Waals surface area contributed by atoms with Gasteiger partial charge in [0.25, 0.3) is 0 Å². The van der Waals surface area contributed by atoms with Gasteiger partial charge in [0.2, 0.25) is 0 Å². The van der Waals surface area contributed by atoms with Crippen LogP contribution in [0.25, 0.3) is 0 Å². The first-order valence-electron chi connectivity index (χ1n) is 6.09. The van der Waals surface area contributed by atoms with Gasteiger partial charge in [-0.25, -0.2) is 0 Å². The van der Waals surface area contributed by atoms with Crippen LogP contribution in [0.15, 0.2) is 18.2 Å². The maximum Gasteiger partial charge on any atom is 0.0477 e. The Bertz CT molecular complexity index is 310. The molecule has 0 fully saturated rings. The summed E-state index contributed by atoms with van der Waals surface area (Å²) >= 11 is 0. The average Bonchev–Trinajstić information content (AvgIpc) is 2.29. The van der Waals surface area contributed by atoms with Gasteiger partial charge in [0.05, 0.1) is 0 Å². The van der Waals surface area contributed by atoms with Gasteiger partial charge in [-0.05, 0) is 50.4 Å². The predicted molar refractivity (Wildman–Crippen MR) is 68.7 cm³/mol. The molecule has 0 saturated heterocycles. The van der Waals surface area contributed by atoms with Crippen LogP contribution >= 0.6 is 0 Å². The van der Waals surface area contributed by atoms with E-state index in [1.165, 1.54) is 16.7 Å². The molecule has 0 amide bonds. The number of hydrogen-bond acceptors (Lipinski definition) is 2. The van der Waals surface area contributed by atoms with Crippen molar-refractivity contribution in [2.75, 3.05) is 19.8 Å². The summed E-state index contributed by atoms with van der Waals surface area (Å²) in [5.74, 6) is 0. The van der Waals surface area contributed by atoms with Gasteiger partial charge in [-0.15, -0.1) is 0 Å². The Hall–Kier alpha value is -0.860. The minimum absolute atomic E-state index is 0.816. The van der Waals surface area contributed by atoms with Crippen LogP contribution in [0.5, 0.6) is 0 Å². The number of aryl methyl sites for hydroxylation is 1. The molecule has 0 saturated carbocycles. The summed E-state index contributed by atoms with van der Waals surface area (Å²) in [4.78, 5) is 0. The van der Waals surface area contributed by atoms with Crippen molar-refractivity contribution in [3.63, 3.8) is 0 Å². The zero-order chi connectivity index (χ0) is 11.8. The van der Waals surface area contributed by atoms with E-state index in [0.717, 1.165) is 32.7 Å². The molecule has 0 unspecified atom stereocenters. The maximum absolute atomic E-state index is 5.29. The molecular formula is C14H23NO. The maximum atomic E-state index is 5.29. The van der Waals surface area contributed by atoms with E-state index in [4.69, 9.17) is 4.74 Å². The fourth-order valence-corrected chi connectivity index (χ4v) is 1.67. The highest BCUT2D eigenvalue weighted by Crippen LogP contribution is 2.11. The lowest BCUT2D eigenvalue weighted by molar-refractivity contribution is 0.144. The highest BCUT2D eigenvalue weighted by atomic mass is 16.5. The zero-order valence-electron chi connectivity index (χ0n) is 10.7. The molecule has 1 N–H and O–H groups in total. The first-order chi connectivity index (χ1) is 7.75. The molecule has 0 aliphatic rings. The minimum atomic E-state index is 0.816. The third kappa shape index (κ3) is 4.33. The summed E-state index contributed by atoms with van der Waals surface area (Å²) in [6.45, 7) is 10.0. The summed E-state index contributed by atoms with van der Waals surface area (Å²) in [5, 5.41) is 3.45. The molecule has 0 heterocycles. The number of hydrogen-bond donors (Lipinski definition) is 1. The van der Waals surface area contributed by atoms with Gasteiger partial charge < -0.3 is 10.1 Å². The number of rotatable bonds is 7. The Balaban J connectivity index is 2.24. The Morgan fingerprint density at radius 3 is 2.81 bits per heavy atom. The van der Waals surface area contributed by atoms with Crippen molar-refractivity contribution >= 4 is 0 Å². The molecule has 2 nitrogen and oxygen atoms in total. The number of ether oxygens (including phenoxy) is 1. The second-order valence-corrected chi connectivity index (χ2v) is 4.09. The molecule has 1 aromatic carbocycles.